The van der Waals surface area contributed by atoms with Crippen LogP contribution in [0.2, 0.25) is 0 Å². The van der Waals surface area contributed by atoms with Crippen LogP contribution in [-0.4, -0.2) is 17.1 Å². The van der Waals surface area contributed by atoms with Crippen LogP contribution >= 0.6 is 0 Å². The number of hydrogen-bond acceptors (Lipinski definition) is 5. The van der Waals surface area contributed by atoms with E-state index in [2.05, 4.69) is 22.0 Å². The molecule has 0 amide bonds. The van der Waals surface area contributed by atoms with Crippen LogP contribution in [0.5, 0.6) is 5.88 Å². The van der Waals surface area contributed by atoms with Crippen molar-refractivity contribution in [1.29, 1.82) is 0 Å². The van der Waals surface area contributed by atoms with Crippen LogP contribution in [0.4, 0.5) is 0 Å². The maximum Gasteiger partial charge on any atom is 0.216 e. The molecule has 1 atom stereocenters. The molecule has 0 aliphatic heterocycles. The first-order chi connectivity index (χ1) is 7.17. The number of nitrogens with zero attached hydrogens (tertiary/aromatic N) is 2. The van der Waals surface area contributed by atoms with E-state index in [-0.39, 0.29) is 6.04 Å². The molecular weight excluding hydrogens is 192 g/mol. The zero-order valence-electron chi connectivity index (χ0n) is 9.03. The van der Waals surface area contributed by atoms with Gasteiger partial charge in [0.1, 0.15) is 6.33 Å². The Morgan fingerprint density at radius 3 is 2.93 bits per heavy atom. The lowest BCUT2D eigenvalue weighted by Crippen LogP contribution is -2.28. The van der Waals surface area contributed by atoms with Gasteiger partial charge in [-0.25, -0.2) is 9.97 Å². The number of nitrogens with two attached hydrogens (primary N) is 1. The fourth-order valence-corrected chi connectivity index (χ4v) is 1.25. The van der Waals surface area contributed by atoms with Gasteiger partial charge in [-0.05, 0) is 13.3 Å². The quantitative estimate of drug-likeness (QED) is 0.428. The molecule has 0 radical (unpaired) electrons. The fourth-order valence-electron chi connectivity index (χ4n) is 1.25. The van der Waals surface area contributed by atoms with Crippen molar-refractivity contribution in [2.75, 3.05) is 7.11 Å². The largest absolute Gasteiger partial charge is 0.481 e. The Hall–Kier alpha value is -1.46. The maximum absolute atomic E-state index is 5.45. The Kier molecular flexibility index (Phi) is 4.20. The minimum absolute atomic E-state index is 0.0561. The number of methoxy groups -OCH3 is 1. The minimum atomic E-state index is -0.0561. The van der Waals surface area contributed by atoms with Gasteiger partial charge in [-0.1, -0.05) is 5.57 Å². The summed E-state index contributed by atoms with van der Waals surface area (Å²) < 4.78 is 5.01. The molecule has 1 rings (SSSR count). The predicted octanol–water partition coefficient (Wildman–Crippen LogP) is 0.956. The molecule has 1 aromatic rings. The van der Waals surface area contributed by atoms with Crippen molar-refractivity contribution in [3.63, 3.8) is 0 Å². The van der Waals surface area contributed by atoms with Gasteiger partial charge >= 0.3 is 0 Å². The van der Waals surface area contributed by atoms with Gasteiger partial charge in [0, 0.05) is 6.07 Å². The summed E-state index contributed by atoms with van der Waals surface area (Å²) in [5.74, 6) is 5.98. The third-order valence-corrected chi connectivity index (χ3v) is 1.98. The monoisotopic (exact) mass is 208 g/mol. The molecule has 3 N–H and O–H groups in total. The standard InChI is InChI=1S/C10H16N4O/c1-7(2)4-9(14-11)8-5-10(15-3)13-6-12-8/h5-6,9,14H,1,4,11H2,2-3H3. The minimum Gasteiger partial charge on any atom is -0.481 e. The van der Waals surface area contributed by atoms with Gasteiger partial charge in [-0.15, -0.1) is 6.58 Å². The van der Waals surface area contributed by atoms with Gasteiger partial charge in [0.25, 0.3) is 0 Å². The summed E-state index contributed by atoms with van der Waals surface area (Å²) in [4.78, 5) is 8.07. The van der Waals surface area contributed by atoms with Crippen LogP contribution in [0, 0.1) is 0 Å². The average molecular weight is 208 g/mol. The number of nitrogens with one attached hydrogen (secondary N) is 1. The van der Waals surface area contributed by atoms with E-state index in [0.717, 1.165) is 17.7 Å². The second-order valence-corrected chi connectivity index (χ2v) is 3.37. The topological polar surface area (TPSA) is 73.1 Å². The van der Waals surface area contributed by atoms with Gasteiger partial charge < -0.3 is 4.74 Å². The lowest BCUT2D eigenvalue weighted by molar-refractivity contribution is 0.393. The molecule has 0 aromatic carbocycles. The molecule has 15 heavy (non-hydrogen) atoms. The molecule has 1 unspecified atom stereocenters. The first-order valence-corrected chi connectivity index (χ1v) is 4.63. The third kappa shape index (κ3) is 3.30. The Labute approximate surface area is 89.3 Å². The van der Waals surface area contributed by atoms with Crippen molar-refractivity contribution in [1.82, 2.24) is 15.4 Å². The van der Waals surface area contributed by atoms with Gasteiger partial charge in [0.2, 0.25) is 5.88 Å². The van der Waals surface area contributed by atoms with Gasteiger partial charge in [-0.3, -0.25) is 11.3 Å². The Morgan fingerprint density at radius 1 is 1.67 bits per heavy atom. The Morgan fingerprint density at radius 2 is 2.40 bits per heavy atom. The van der Waals surface area contributed by atoms with E-state index < -0.39 is 0 Å². The van der Waals surface area contributed by atoms with Gasteiger partial charge in [0.05, 0.1) is 18.8 Å². The molecule has 82 valence electrons. The van der Waals surface area contributed by atoms with E-state index in [1.165, 1.54) is 6.33 Å². The van der Waals surface area contributed by atoms with E-state index in [4.69, 9.17) is 10.6 Å². The van der Waals surface area contributed by atoms with Crippen molar-refractivity contribution in [2.24, 2.45) is 5.84 Å². The summed E-state index contributed by atoms with van der Waals surface area (Å²) in [6, 6.07) is 1.70. The van der Waals surface area contributed by atoms with Crippen molar-refractivity contribution in [2.45, 2.75) is 19.4 Å². The molecule has 0 aliphatic carbocycles. The van der Waals surface area contributed by atoms with Gasteiger partial charge in [0.15, 0.2) is 0 Å². The molecule has 1 aromatic heterocycles. The second kappa shape index (κ2) is 5.43. The van der Waals surface area contributed by atoms with Crippen LogP contribution in [0.25, 0.3) is 0 Å². The molecule has 1 heterocycles. The Balaban J connectivity index is 2.85. The van der Waals surface area contributed by atoms with Crippen LogP contribution < -0.4 is 16.0 Å². The molecule has 0 saturated heterocycles. The molecule has 0 bridgehead atoms. The molecule has 0 spiro atoms. The molecule has 5 heteroatoms. The fraction of sp³-hybridized carbons (Fsp3) is 0.400. The summed E-state index contributed by atoms with van der Waals surface area (Å²) in [5, 5.41) is 0. The number of hydrazine groups is 1. The number of hydrogen-bond donors (Lipinski definition) is 2. The highest BCUT2D eigenvalue weighted by atomic mass is 16.5. The normalized spacial score (nSPS) is 12.2. The first-order valence-electron chi connectivity index (χ1n) is 4.63. The zero-order valence-corrected chi connectivity index (χ0v) is 9.03. The first kappa shape index (κ1) is 11.6. The van der Waals surface area contributed by atoms with Crippen molar-refractivity contribution in [3.05, 3.63) is 30.2 Å². The van der Waals surface area contributed by atoms with E-state index >= 15 is 0 Å². The SMILES string of the molecule is C=C(C)CC(NN)c1cc(OC)ncn1. The Bertz CT molecular complexity index is 340. The van der Waals surface area contributed by atoms with E-state index in [1.807, 2.05) is 6.92 Å². The maximum atomic E-state index is 5.45. The number of rotatable bonds is 5. The second-order valence-electron chi connectivity index (χ2n) is 3.37. The zero-order chi connectivity index (χ0) is 11.3. The van der Waals surface area contributed by atoms with E-state index in [0.29, 0.717) is 5.88 Å². The van der Waals surface area contributed by atoms with Crippen LogP contribution in [0.1, 0.15) is 25.1 Å². The van der Waals surface area contributed by atoms with Crippen molar-refractivity contribution < 1.29 is 4.74 Å². The highest BCUT2D eigenvalue weighted by Crippen LogP contribution is 2.19. The number of aromatic nitrogens is 2. The summed E-state index contributed by atoms with van der Waals surface area (Å²) in [7, 11) is 1.57. The molecule has 0 fully saturated rings. The predicted molar refractivity (Wildman–Crippen MR) is 58.1 cm³/mol. The van der Waals surface area contributed by atoms with Crippen LogP contribution in [-0.2, 0) is 0 Å². The third-order valence-electron chi connectivity index (χ3n) is 1.98. The summed E-state index contributed by atoms with van der Waals surface area (Å²) in [5.41, 5.74) is 4.53. The molecular formula is C10H16N4O. The van der Waals surface area contributed by atoms with Gasteiger partial charge in [-0.2, -0.15) is 0 Å². The van der Waals surface area contributed by atoms with E-state index in [1.54, 1.807) is 13.2 Å². The number of ether oxygens (including phenoxy) is 1. The molecule has 0 saturated carbocycles. The highest BCUT2D eigenvalue weighted by Gasteiger charge is 2.12. The van der Waals surface area contributed by atoms with Crippen LogP contribution in [0.3, 0.4) is 0 Å². The average Bonchev–Trinajstić information content (AvgIpc) is 2.25. The highest BCUT2D eigenvalue weighted by molar-refractivity contribution is 5.17. The van der Waals surface area contributed by atoms with Crippen molar-refractivity contribution in [3.8, 4) is 5.88 Å². The molecule has 0 aliphatic rings. The van der Waals surface area contributed by atoms with E-state index in [9.17, 15) is 0 Å². The van der Waals surface area contributed by atoms with Crippen LogP contribution in [0.15, 0.2) is 24.5 Å². The summed E-state index contributed by atoms with van der Waals surface area (Å²) in [6.45, 7) is 5.79. The lowest BCUT2D eigenvalue weighted by atomic mass is 10.1. The lowest BCUT2D eigenvalue weighted by Gasteiger charge is -2.15. The summed E-state index contributed by atoms with van der Waals surface area (Å²) in [6.07, 6.45) is 2.19. The summed E-state index contributed by atoms with van der Waals surface area (Å²) >= 11 is 0. The smallest absolute Gasteiger partial charge is 0.216 e. The van der Waals surface area contributed by atoms with Crippen molar-refractivity contribution >= 4 is 0 Å². The molecule has 5 nitrogen and oxygen atoms in total.